The Hall–Kier alpha value is -3.73. The van der Waals surface area contributed by atoms with Gasteiger partial charge in [0.2, 0.25) is 0 Å². The third-order valence-corrected chi connectivity index (χ3v) is 5.99. The molecule has 9 nitrogen and oxygen atoms in total. The van der Waals surface area contributed by atoms with Gasteiger partial charge in [0.1, 0.15) is 30.5 Å². The summed E-state index contributed by atoms with van der Waals surface area (Å²) in [5, 5.41) is 3.23. The van der Waals surface area contributed by atoms with Crippen LogP contribution in [0.5, 0.6) is 0 Å². The molecule has 0 unspecified atom stereocenters. The zero-order valence-electron chi connectivity index (χ0n) is 19.1. The molecule has 0 amide bonds. The van der Waals surface area contributed by atoms with Gasteiger partial charge in [0.25, 0.3) is 0 Å². The monoisotopic (exact) mass is 474 g/mol. The zero-order valence-corrected chi connectivity index (χ0v) is 19.1. The van der Waals surface area contributed by atoms with Crippen LogP contribution in [0.2, 0.25) is 0 Å². The van der Waals surface area contributed by atoms with E-state index in [9.17, 15) is 4.39 Å². The number of benzene rings is 1. The first kappa shape index (κ1) is 21.8. The molecule has 35 heavy (non-hydrogen) atoms. The first-order valence-corrected chi connectivity index (χ1v) is 11.3. The smallest absolute Gasteiger partial charge is 0.167 e. The third-order valence-electron chi connectivity index (χ3n) is 5.99. The predicted molar refractivity (Wildman–Crippen MR) is 126 cm³/mol. The highest BCUT2D eigenvalue weighted by Gasteiger charge is 2.55. The molecule has 0 bridgehead atoms. The van der Waals surface area contributed by atoms with Crippen LogP contribution in [-0.4, -0.2) is 48.6 Å². The van der Waals surface area contributed by atoms with Crippen molar-refractivity contribution in [1.82, 2.24) is 24.5 Å². The minimum absolute atomic E-state index is 0.301. The normalized spacial score (nSPS) is 25.3. The molecule has 1 aromatic carbocycles. The topological polar surface area (TPSA) is 96.2 Å². The number of nitrogens with zero attached hydrogens (tertiary/aromatic N) is 5. The summed E-state index contributed by atoms with van der Waals surface area (Å²) >= 11 is 0. The Labute approximate surface area is 200 Å². The molecule has 5 heterocycles. The molecule has 1 N–H and O–H groups in total. The second-order valence-electron chi connectivity index (χ2n) is 8.85. The van der Waals surface area contributed by atoms with E-state index in [2.05, 4.69) is 25.3 Å². The highest BCUT2D eigenvalue weighted by molar-refractivity contribution is 5.85. The summed E-state index contributed by atoms with van der Waals surface area (Å²) < 4.78 is 34.7. The Morgan fingerprint density at radius 1 is 1.06 bits per heavy atom. The van der Waals surface area contributed by atoms with Gasteiger partial charge in [-0.3, -0.25) is 9.55 Å². The maximum atomic E-state index is 14.1. The van der Waals surface area contributed by atoms with Crippen molar-refractivity contribution in [3.05, 3.63) is 78.9 Å². The van der Waals surface area contributed by atoms with E-state index in [1.54, 1.807) is 43.0 Å². The SMILES string of the molecule is CC1(C)O[C@@H]2[C@H](O1)[C@@H](C=Cc1ccccc1F)O[C@H]2n1cnc2c(Nc3cccnc3)ncnc21. The van der Waals surface area contributed by atoms with Crippen LogP contribution in [0, 0.1) is 5.82 Å². The van der Waals surface area contributed by atoms with Crippen LogP contribution in [0.15, 0.2) is 67.5 Å². The first-order valence-electron chi connectivity index (χ1n) is 11.3. The molecule has 2 aliphatic rings. The van der Waals surface area contributed by atoms with Crippen molar-refractivity contribution in [2.45, 2.75) is 44.2 Å². The summed E-state index contributed by atoms with van der Waals surface area (Å²) in [5.74, 6) is -0.541. The molecule has 0 aliphatic carbocycles. The maximum absolute atomic E-state index is 14.1. The van der Waals surface area contributed by atoms with Crippen LogP contribution in [-0.2, 0) is 14.2 Å². The number of anilines is 2. The lowest BCUT2D eigenvalue weighted by molar-refractivity contribution is -0.191. The Balaban J connectivity index is 1.33. The van der Waals surface area contributed by atoms with Crippen molar-refractivity contribution in [3.63, 3.8) is 0 Å². The molecule has 2 aliphatic heterocycles. The van der Waals surface area contributed by atoms with Crippen molar-refractivity contribution < 1.29 is 18.6 Å². The second kappa shape index (κ2) is 8.49. The molecule has 4 atom stereocenters. The van der Waals surface area contributed by atoms with Gasteiger partial charge in [0.05, 0.1) is 18.2 Å². The van der Waals surface area contributed by atoms with E-state index in [0.29, 0.717) is 22.5 Å². The van der Waals surface area contributed by atoms with Gasteiger partial charge >= 0.3 is 0 Å². The summed E-state index contributed by atoms with van der Waals surface area (Å²) in [6.45, 7) is 3.73. The summed E-state index contributed by atoms with van der Waals surface area (Å²) in [7, 11) is 0. The van der Waals surface area contributed by atoms with Crippen molar-refractivity contribution in [2.75, 3.05) is 5.32 Å². The molecule has 0 saturated carbocycles. The van der Waals surface area contributed by atoms with Gasteiger partial charge in [0, 0.05) is 11.8 Å². The van der Waals surface area contributed by atoms with Crippen LogP contribution < -0.4 is 5.32 Å². The third kappa shape index (κ3) is 4.05. The lowest BCUT2D eigenvalue weighted by Crippen LogP contribution is -2.28. The van der Waals surface area contributed by atoms with E-state index in [1.807, 2.05) is 36.6 Å². The van der Waals surface area contributed by atoms with E-state index >= 15 is 0 Å². The molecular weight excluding hydrogens is 451 g/mol. The van der Waals surface area contributed by atoms with Crippen LogP contribution in [0.1, 0.15) is 25.6 Å². The summed E-state index contributed by atoms with van der Waals surface area (Å²) in [6.07, 6.45) is 8.24. The minimum Gasteiger partial charge on any atom is -0.345 e. The van der Waals surface area contributed by atoms with Gasteiger partial charge in [-0.2, -0.15) is 0 Å². The molecule has 0 radical (unpaired) electrons. The number of aromatic nitrogens is 5. The summed E-state index contributed by atoms with van der Waals surface area (Å²) in [6, 6.07) is 10.3. The molecule has 6 rings (SSSR count). The van der Waals surface area contributed by atoms with E-state index in [1.165, 1.54) is 12.4 Å². The van der Waals surface area contributed by atoms with E-state index < -0.39 is 24.2 Å². The quantitative estimate of drug-likeness (QED) is 0.459. The standard InChI is InChI=1S/C25H23FN6O3/c1-25(2)34-20-18(10-9-15-6-3-4-8-17(15)26)33-24(21(20)35-25)32-14-30-19-22(28-13-29-23(19)32)31-16-7-5-11-27-12-16/h3-14,18,20-21,24H,1-2H3,(H,28,29,31)/t18-,20-,21-,24-/m1/s1. The largest absolute Gasteiger partial charge is 0.345 e. The molecule has 2 saturated heterocycles. The van der Waals surface area contributed by atoms with Gasteiger partial charge in [-0.05, 0) is 32.0 Å². The number of halogens is 1. The fourth-order valence-electron chi connectivity index (χ4n) is 4.50. The predicted octanol–water partition coefficient (Wildman–Crippen LogP) is 4.23. The van der Waals surface area contributed by atoms with Crippen molar-refractivity contribution >= 4 is 28.7 Å². The Morgan fingerprint density at radius 2 is 1.91 bits per heavy atom. The molecule has 2 fully saturated rings. The van der Waals surface area contributed by atoms with Gasteiger partial charge in [-0.1, -0.05) is 30.4 Å². The molecule has 10 heteroatoms. The molecule has 178 valence electrons. The van der Waals surface area contributed by atoms with Gasteiger partial charge in [-0.15, -0.1) is 0 Å². The van der Waals surface area contributed by atoms with Gasteiger partial charge in [0.15, 0.2) is 29.0 Å². The molecule has 0 spiro atoms. The molecule has 4 aromatic rings. The maximum Gasteiger partial charge on any atom is 0.167 e. The fourth-order valence-corrected chi connectivity index (χ4v) is 4.50. The van der Waals surface area contributed by atoms with Gasteiger partial charge in [-0.25, -0.2) is 19.3 Å². The van der Waals surface area contributed by atoms with Crippen molar-refractivity contribution in [3.8, 4) is 0 Å². The lowest BCUT2D eigenvalue weighted by Gasteiger charge is -2.24. The number of fused-ring (bicyclic) bond motifs is 2. The van der Waals surface area contributed by atoms with Crippen LogP contribution in [0.25, 0.3) is 17.2 Å². The second-order valence-corrected chi connectivity index (χ2v) is 8.85. The van der Waals surface area contributed by atoms with E-state index in [-0.39, 0.29) is 11.9 Å². The number of rotatable bonds is 5. The minimum atomic E-state index is -0.792. The number of imidazole rings is 1. The number of pyridine rings is 1. The van der Waals surface area contributed by atoms with Gasteiger partial charge < -0.3 is 19.5 Å². The highest BCUT2D eigenvalue weighted by atomic mass is 19.1. The van der Waals surface area contributed by atoms with Crippen LogP contribution in [0.3, 0.4) is 0 Å². The number of ether oxygens (including phenoxy) is 3. The van der Waals surface area contributed by atoms with E-state index in [0.717, 1.165) is 5.69 Å². The Morgan fingerprint density at radius 3 is 2.74 bits per heavy atom. The Bertz CT molecular complexity index is 1390. The number of hydrogen-bond acceptors (Lipinski definition) is 8. The van der Waals surface area contributed by atoms with Crippen LogP contribution in [0.4, 0.5) is 15.9 Å². The highest BCUT2D eigenvalue weighted by Crippen LogP contribution is 2.44. The summed E-state index contributed by atoms with van der Waals surface area (Å²) in [5.41, 5.74) is 2.43. The molecular formula is C25H23FN6O3. The first-order chi connectivity index (χ1) is 17.0. The fraction of sp³-hybridized carbons (Fsp3) is 0.280. The zero-order chi connectivity index (χ0) is 24.0. The summed E-state index contributed by atoms with van der Waals surface area (Å²) in [4.78, 5) is 17.5. The number of nitrogens with one attached hydrogen (secondary N) is 1. The lowest BCUT2D eigenvalue weighted by atomic mass is 10.1. The Kier molecular flexibility index (Phi) is 5.28. The van der Waals surface area contributed by atoms with Crippen molar-refractivity contribution in [1.29, 1.82) is 0 Å². The van der Waals surface area contributed by atoms with Crippen molar-refractivity contribution in [2.24, 2.45) is 0 Å². The molecule has 3 aromatic heterocycles. The average molecular weight is 474 g/mol. The number of hydrogen-bond donors (Lipinski definition) is 1. The average Bonchev–Trinajstić information content (AvgIpc) is 3.51. The van der Waals surface area contributed by atoms with Crippen LogP contribution >= 0.6 is 0 Å². The van der Waals surface area contributed by atoms with E-state index in [4.69, 9.17) is 14.2 Å².